The van der Waals surface area contributed by atoms with Crippen LogP contribution in [-0.4, -0.2) is 0 Å². The van der Waals surface area contributed by atoms with E-state index in [0.717, 1.165) is 12.0 Å². The predicted octanol–water partition coefficient (Wildman–Crippen LogP) is 3.55. The van der Waals surface area contributed by atoms with Crippen molar-refractivity contribution in [3.8, 4) is 0 Å². The van der Waals surface area contributed by atoms with E-state index in [0.29, 0.717) is 0 Å². The molecule has 0 heterocycles. The van der Waals surface area contributed by atoms with E-state index < -0.39 is 0 Å². The minimum atomic E-state index is 1.09. The standard InChI is InChI=1S/C7H12.C2H6/c1-4-6-7(3)5-2;1-2/h5H,2-4,6H2,1H3;1-2H3. The van der Waals surface area contributed by atoms with Crippen LogP contribution in [0.4, 0.5) is 0 Å². The second kappa shape index (κ2) is 10.5. The zero-order valence-corrected chi connectivity index (χ0v) is 6.91. The highest BCUT2D eigenvalue weighted by Crippen LogP contribution is 1.99. The minimum Gasteiger partial charge on any atom is -0.0988 e. The van der Waals surface area contributed by atoms with Gasteiger partial charge in [0.15, 0.2) is 0 Å². The zero-order valence-electron chi connectivity index (χ0n) is 6.91. The normalized spacial score (nSPS) is 7.00. The van der Waals surface area contributed by atoms with Gasteiger partial charge in [-0.15, -0.1) is 0 Å². The Balaban J connectivity index is 0. The van der Waals surface area contributed by atoms with Gasteiger partial charge in [-0.2, -0.15) is 0 Å². The Morgan fingerprint density at radius 2 is 1.89 bits per heavy atom. The summed E-state index contributed by atoms with van der Waals surface area (Å²) < 4.78 is 0. The van der Waals surface area contributed by atoms with E-state index in [9.17, 15) is 0 Å². The van der Waals surface area contributed by atoms with Gasteiger partial charge >= 0.3 is 0 Å². The molecule has 0 aromatic carbocycles. The highest BCUT2D eigenvalue weighted by molar-refractivity contribution is 5.09. The maximum atomic E-state index is 3.74. The highest BCUT2D eigenvalue weighted by Gasteiger charge is 1.79. The molecule has 0 rings (SSSR count). The molecule has 0 aliphatic rings. The van der Waals surface area contributed by atoms with Gasteiger partial charge in [0, 0.05) is 0 Å². The molecule has 0 spiro atoms. The van der Waals surface area contributed by atoms with Crippen LogP contribution in [0.25, 0.3) is 0 Å². The van der Waals surface area contributed by atoms with Crippen molar-refractivity contribution in [1.82, 2.24) is 0 Å². The van der Waals surface area contributed by atoms with Gasteiger partial charge in [-0.05, 0) is 6.42 Å². The molecule has 0 heteroatoms. The molecule has 0 aliphatic carbocycles. The summed E-state index contributed by atoms with van der Waals surface area (Å²) in [5.74, 6) is 0. The highest BCUT2D eigenvalue weighted by atomic mass is 13.9. The summed E-state index contributed by atoms with van der Waals surface area (Å²) in [7, 11) is 0. The Morgan fingerprint density at radius 1 is 1.44 bits per heavy atom. The van der Waals surface area contributed by atoms with Gasteiger partial charge < -0.3 is 0 Å². The fourth-order valence-electron chi connectivity index (χ4n) is 0.423. The Bertz CT molecular complexity index is 70.1. The summed E-state index contributed by atoms with van der Waals surface area (Å²) >= 11 is 0. The monoisotopic (exact) mass is 126 g/mol. The van der Waals surface area contributed by atoms with E-state index in [4.69, 9.17) is 0 Å². The molecule has 0 aromatic heterocycles. The second-order valence-electron chi connectivity index (χ2n) is 1.61. The van der Waals surface area contributed by atoms with E-state index >= 15 is 0 Å². The number of allylic oxidation sites excluding steroid dienone is 2. The van der Waals surface area contributed by atoms with Gasteiger partial charge in [0.2, 0.25) is 0 Å². The summed E-state index contributed by atoms with van der Waals surface area (Å²) in [5, 5.41) is 0. The molecular formula is C9H18. The van der Waals surface area contributed by atoms with Crippen LogP contribution in [-0.2, 0) is 0 Å². The van der Waals surface area contributed by atoms with Crippen molar-refractivity contribution in [1.29, 1.82) is 0 Å². The molecular weight excluding hydrogens is 108 g/mol. The molecule has 0 radical (unpaired) electrons. The summed E-state index contributed by atoms with van der Waals surface area (Å²) in [6, 6.07) is 0. The average Bonchev–Trinajstić information content (AvgIpc) is 1.93. The van der Waals surface area contributed by atoms with Gasteiger partial charge in [0.25, 0.3) is 0 Å². The molecule has 0 aromatic rings. The van der Waals surface area contributed by atoms with Gasteiger partial charge in [-0.1, -0.05) is 52.0 Å². The van der Waals surface area contributed by atoms with Gasteiger partial charge in [-0.3, -0.25) is 0 Å². The summed E-state index contributed by atoms with van der Waals surface area (Å²) in [6.07, 6.45) is 4.07. The lowest BCUT2D eigenvalue weighted by molar-refractivity contribution is 0.930. The first kappa shape index (κ1) is 11.3. The molecule has 54 valence electrons. The Kier molecular flexibility index (Phi) is 13.1. The van der Waals surface area contributed by atoms with Crippen LogP contribution in [0.1, 0.15) is 33.6 Å². The van der Waals surface area contributed by atoms with Gasteiger partial charge in [0.1, 0.15) is 0 Å². The molecule has 0 aliphatic heterocycles. The lowest BCUT2D eigenvalue weighted by Crippen LogP contribution is -1.69. The third kappa shape index (κ3) is 11.2. The summed E-state index contributed by atoms with van der Waals surface area (Å²) in [5.41, 5.74) is 1.14. The molecule has 0 N–H and O–H groups in total. The third-order valence-corrected chi connectivity index (χ3v) is 0.860. The zero-order chi connectivity index (χ0) is 7.70. The second-order valence-corrected chi connectivity index (χ2v) is 1.61. The van der Waals surface area contributed by atoms with Gasteiger partial charge in [-0.25, -0.2) is 0 Å². The molecule has 0 saturated carbocycles. The van der Waals surface area contributed by atoms with E-state index in [1.54, 1.807) is 0 Å². The molecule has 0 fully saturated rings. The maximum absolute atomic E-state index is 3.74. The molecule has 0 bridgehead atoms. The third-order valence-electron chi connectivity index (χ3n) is 0.860. The van der Waals surface area contributed by atoms with Crippen LogP contribution in [0.15, 0.2) is 24.8 Å². The molecule has 0 atom stereocenters. The Morgan fingerprint density at radius 3 is 2.00 bits per heavy atom. The minimum absolute atomic E-state index is 1.09. The van der Waals surface area contributed by atoms with Crippen LogP contribution >= 0.6 is 0 Å². The molecule has 0 nitrogen and oxygen atoms in total. The summed E-state index contributed by atoms with van der Waals surface area (Å²) in [4.78, 5) is 0. The van der Waals surface area contributed by atoms with Crippen molar-refractivity contribution in [2.24, 2.45) is 0 Å². The molecule has 0 amide bonds. The van der Waals surface area contributed by atoms with E-state index in [-0.39, 0.29) is 0 Å². The smallest absolute Gasteiger partial charge is 0.0288 e. The van der Waals surface area contributed by atoms with E-state index in [2.05, 4.69) is 20.1 Å². The topological polar surface area (TPSA) is 0 Å². The SMILES string of the molecule is C=CC(=C)CCC.CC. The first-order chi connectivity index (χ1) is 4.31. The molecule has 9 heavy (non-hydrogen) atoms. The molecule has 0 saturated heterocycles. The number of rotatable bonds is 3. The largest absolute Gasteiger partial charge is 0.0988 e. The van der Waals surface area contributed by atoms with Crippen LogP contribution in [0, 0.1) is 0 Å². The van der Waals surface area contributed by atoms with E-state index in [1.807, 2.05) is 19.9 Å². The van der Waals surface area contributed by atoms with Crippen LogP contribution < -0.4 is 0 Å². The predicted molar refractivity (Wildman–Crippen MR) is 45.6 cm³/mol. The van der Waals surface area contributed by atoms with Crippen LogP contribution in [0.5, 0.6) is 0 Å². The van der Waals surface area contributed by atoms with Crippen molar-refractivity contribution >= 4 is 0 Å². The lowest BCUT2D eigenvalue weighted by atomic mass is 10.2. The Hall–Kier alpha value is -0.520. The van der Waals surface area contributed by atoms with Gasteiger partial charge in [0.05, 0.1) is 0 Å². The van der Waals surface area contributed by atoms with Crippen LogP contribution in [0.2, 0.25) is 0 Å². The quantitative estimate of drug-likeness (QED) is 0.507. The first-order valence-corrected chi connectivity index (χ1v) is 3.61. The van der Waals surface area contributed by atoms with Crippen molar-refractivity contribution in [2.45, 2.75) is 33.6 Å². The Labute approximate surface area is 59.3 Å². The fraction of sp³-hybridized carbons (Fsp3) is 0.556. The van der Waals surface area contributed by atoms with Crippen LogP contribution in [0.3, 0.4) is 0 Å². The van der Waals surface area contributed by atoms with E-state index in [1.165, 1.54) is 6.42 Å². The molecule has 0 unspecified atom stereocenters. The lowest BCUT2D eigenvalue weighted by Gasteiger charge is -1.89. The van der Waals surface area contributed by atoms with Crippen molar-refractivity contribution in [2.75, 3.05) is 0 Å². The van der Waals surface area contributed by atoms with Crippen molar-refractivity contribution < 1.29 is 0 Å². The first-order valence-electron chi connectivity index (χ1n) is 3.61. The van der Waals surface area contributed by atoms with Crippen molar-refractivity contribution in [3.63, 3.8) is 0 Å². The maximum Gasteiger partial charge on any atom is -0.0288 e. The summed E-state index contributed by atoms with van der Waals surface area (Å²) in [6.45, 7) is 13.5. The number of hydrogen-bond acceptors (Lipinski definition) is 0. The average molecular weight is 126 g/mol. The van der Waals surface area contributed by atoms with Crippen molar-refractivity contribution in [3.05, 3.63) is 24.8 Å². The fourth-order valence-corrected chi connectivity index (χ4v) is 0.423. The number of hydrogen-bond donors (Lipinski definition) is 0.